The van der Waals surface area contributed by atoms with Gasteiger partial charge in [0.1, 0.15) is 19.3 Å². The van der Waals surface area contributed by atoms with E-state index in [1.807, 2.05) is 30.3 Å². The van der Waals surface area contributed by atoms with Crippen molar-refractivity contribution in [1.29, 1.82) is 0 Å². The van der Waals surface area contributed by atoms with Gasteiger partial charge in [0.2, 0.25) is 11.8 Å². The van der Waals surface area contributed by atoms with Gasteiger partial charge < -0.3 is 19.7 Å². The standard InChI is InChI=1S/C19H22N4O4/c24-18(12-22-19(25)26-14-15-5-2-1-3-6-15)23-10-4-7-16(13-23)27-17-11-20-8-9-21-17/h1-3,5-6,8-9,11,16H,4,7,10,12-14H2,(H,22,25). The number of carbonyl (C=O) groups excluding carboxylic acids is 2. The SMILES string of the molecule is O=C(NCC(=O)N1CCCC(Oc2cnccn2)C1)OCc1ccccc1. The number of benzene rings is 1. The zero-order chi connectivity index (χ0) is 18.9. The third kappa shape index (κ3) is 5.95. The molecule has 0 aliphatic carbocycles. The number of carbonyl (C=O) groups is 2. The van der Waals surface area contributed by atoms with Gasteiger partial charge in [-0.3, -0.25) is 9.78 Å². The number of piperidine rings is 1. The highest BCUT2D eigenvalue weighted by Gasteiger charge is 2.25. The Kier molecular flexibility index (Phi) is 6.56. The summed E-state index contributed by atoms with van der Waals surface area (Å²) in [4.78, 5) is 33.8. The average Bonchev–Trinajstić information content (AvgIpc) is 2.72. The van der Waals surface area contributed by atoms with Gasteiger partial charge >= 0.3 is 6.09 Å². The minimum atomic E-state index is -0.614. The van der Waals surface area contributed by atoms with E-state index in [4.69, 9.17) is 9.47 Å². The van der Waals surface area contributed by atoms with Crippen LogP contribution in [0.5, 0.6) is 5.88 Å². The van der Waals surface area contributed by atoms with Crippen LogP contribution in [0.15, 0.2) is 48.9 Å². The van der Waals surface area contributed by atoms with Crippen LogP contribution in [0.2, 0.25) is 0 Å². The van der Waals surface area contributed by atoms with E-state index >= 15 is 0 Å². The molecule has 1 aromatic heterocycles. The van der Waals surface area contributed by atoms with E-state index < -0.39 is 6.09 Å². The lowest BCUT2D eigenvalue weighted by Crippen LogP contribution is -2.48. The first-order chi connectivity index (χ1) is 13.2. The van der Waals surface area contributed by atoms with Crippen molar-refractivity contribution in [1.82, 2.24) is 20.2 Å². The lowest BCUT2D eigenvalue weighted by molar-refractivity contribution is -0.132. The number of ether oxygens (including phenoxy) is 2. The molecule has 1 aliphatic heterocycles. The van der Waals surface area contributed by atoms with Gasteiger partial charge in [-0.1, -0.05) is 30.3 Å². The highest BCUT2D eigenvalue weighted by molar-refractivity contribution is 5.82. The summed E-state index contributed by atoms with van der Waals surface area (Å²) in [5.74, 6) is 0.276. The Morgan fingerprint density at radius 2 is 2.07 bits per heavy atom. The second-order valence-corrected chi connectivity index (χ2v) is 6.18. The maximum atomic E-state index is 12.3. The van der Waals surface area contributed by atoms with E-state index in [9.17, 15) is 9.59 Å². The van der Waals surface area contributed by atoms with Crippen molar-refractivity contribution in [2.75, 3.05) is 19.6 Å². The van der Waals surface area contributed by atoms with Gasteiger partial charge in [-0.15, -0.1) is 0 Å². The maximum Gasteiger partial charge on any atom is 0.407 e. The first-order valence-electron chi connectivity index (χ1n) is 8.85. The number of nitrogens with one attached hydrogen (secondary N) is 1. The summed E-state index contributed by atoms with van der Waals surface area (Å²) in [6.07, 6.45) is 5.60. The van der Waals surface area contributed by atoms with Crippen LogP contribution in [0.4, 0.5) is 4.79 Å². The molecule has 1 atom stereocenters. The maximum absolute atomic E-state index is 12.3. The van der Waals surface area contributed by atoms with Gasteiger partial charge in [0.25, 0.3) is 0 Å². The van der Waals surface area contributed by atoms with Crippen molar-refractivity contribution in [3.05, 3.63) is 54.5 Å². The molecular weight excluding hydrogens is 348 g/mol. The van der Waals surface area contributed by atoms with Crippen molar-refractivity contribution < 1.29 is 19.1 Å². The Morgan fingerprint density at radius 1 is 1.22 bits per heavy atom. The molecule has 0 spiro atoms. The molecule has 3 rings (SSSR count). The van der Waals surface area contributed by atoms with Crippen molar-refractivity contribution in [3.8, 4) is 5.88 Å². The molecule has 27 heavy (non-hydrogen) atoms. The molecule has 2 aromatic rings. The molecular formula is C19H22N4O4. The Bertz CT molecular complexity index is 742. The fourth-order valence-electron chi connectivity index (χ4n) is 2.81. The van der Waals surface area contributed by atoms with Crippen LogP contribution in [-0.2, 0) is 16.1 Å². The summed E-state index contributed by atoms with van der Waals surface area (Å²) in [5, 5.41) is 2.50. The van der Waals surface area contributed by atoms with Crippen LogP contribution in [0, 0.1) is 0 Å². The van der Waals surface area contributed by atoms with Gasteiger partial charge in [-0.2, -0.15) is 0 Å². The highest BCUT2D eigenvalue weighted by atomic mass is 16.5. The van der Waals surface area contributed by atoms with Crippen LogP contribution in [0.3, 0.4) is 0 Å². The molecule has 1 saturated heterocycles. The van der Waals surface area contributed by atoms with Gasteiger partial charge in [-0.05, 0) is 18.4 Å². The molecule has 1 N–H and O–H groups in total. The normalized spacial score (nSPS) is 16.4. The molecule has 0 bridgehead atoms. The summed E-state index contributed by atoms with van der Waals surface area (Å²) in [6.45, 7) is 1.15. The summed E-state index contributed by atoms with van der Waals surface area (Å²) >= 11 is 0. The third-order valence-corrected chi connectivity index (χ3v) is 4.15. The summed E-state index contributed by atoms with van der Waals surface area (Å²) < 4.78 is 10.9. The molecule has 0 radical (unpaired) electrons. The predicted octanol–water partition coefficient (Wildman–Crippen LogP) is 1.77. The number of nitrogens with zero attached hydrogens (tertiary/aromatic N) is 3. The number of aromatic nitrogens is 2. The molecule has 1 aliphatic rings. The molecule has 1 unspecified atom stereocenters. The number of hydrogen-bond acceptors (Lipinski definition) is 6. The van der Waals surface area contributed by atoms with E-state index in [1.54, 1.807) is 23.5 Å². The summed E-state index contributed by atoms with van der Waals surface area (Å²) in [7, 11) is 0. The van der Waals surface area contributed by atoms with E-state index in [1.165, 1.54) is 0 Å². The Labute approximate surface area is 157 Å². The minimum Gasteiger partial charge on any atom is -0.471 e. The summed E-state index contributed by atoms with van der Waals surface area (Å²) in [5.41, 5.74) is 0.888. The third-order valence-electron chi connectivity index (χ3n) is 4.15. The zero-order valence-electron chi connectivity index (χ0n) is 14.9. The second-order valence-electron chi connectivity index (χ2n) is 6.18. The number of hydrogen-bond donors (Lipinski definition) is 1. The van der Waals surface area contributed by atoms with Crippen molar-refractivity contribution in [2.45, 2.75) is 25.6 Å². The first kappa shape index (κ1) is 18.6. The molecule has 142 valence electrons. The van der Waals surface area contributed by atoms with Crippen LogP contribution >= 0.6 is 0 Å². The molecule has 8 nitrogen and oxygen atoms in total. The molecule has 1 fully saturated rings. The first-order valence-corrected chi connectivity index (χ1v) is 8.85. The number of amides is 2. The molecule has 8 heteroatoms. The number of rotatable bonds is 6. The van der Waals surface area contributed by atoms with Gasteiger partial charge in [-0.25, -0.2) is 9.78 Å². The smallest absolute Gasteiger partial charge is 0.407 e. The highest BCUT2D eigenvalue weighted by Crippen LogP contribution is 2.15. The lowest BCUT2D eigenvalue weighted by Gasteiger charge is -2.32. The second kappa shape index (κ2) is 9.51. The monoisotopic (exact) mass is 370 g/mol. The van der Waals surface area contributed by atoms with E-state index in [-0.39, 0.29) is 25.2 Å². The zero-order valence-corrected chi connectivity index (χ0v) is 14.9. The van der Waals surface area contributed by atoms with Gasteiger partial charge in [0.15, 0.2) is 0 Å². The van der Waals surface area contributed by atoms with E-state index in [2.05, 4.69) is 15.3 Å². The van der Waals surface area contributed by atoms with Crippen LogP contribution in [0.1, 0.15) is 18.4 Å². The number of likely N-dealkylation sites (tertiary alicyclic amines) is 1. The van der Waals surface area contributed by atoms with Crippen molar-refractivity contribution in [3.63, 3.8) is 0 Å². The molecule has 2 heterocycles. The van der Waals surface area contributed by atoms with Crippen LogP contribution in [-0.4, -0.2) is 52.6 Å². The fraction of sp³-hybridized carbons (Fsp3) is 0.368. The van der Waals surface area contributed by atoms with Crippen molar-refractivity contribution in [2.24, 2.45) is 0 Å². The Morgan fingerprint density at radius 3 is 2.85 bits per heavy atom. The van der Waals surface area contributed by atoms with Crippen LogP contribution in [0.25, 0.3) is 0 Å². The van der Waals surface area contributed by atoms with E-state index in [0.29, 0.717) is 19.0 Å². The predicted molar refractivity (Wildman–Crippen MR) is 96.9 cm³/mol. The largest absolute Gasteiger partial charge is 0.471 e. The molecule has 1 aromatic carbocycles. The molecule has 2 amide bonds. The lowest BCUT2D eigenvalue weighted by atomic mass is 10.1. The summed E-state index contributed by atoms with van der Waals surface area (Å²) in [6, 6.07) is 9.36. The van der Waals surface area contributed by atoms with Gasteiger partial charge in [0, 0.05) is 18.9 Å². The van der Waals surface area contributed by atoms with Crippen LogP contribution < -0.4 is 10.1 Å². The quantitative estimate of drug-likeness (QED) is 0.833. The Hall–Kier alpha value is -3.16. The van der Waals surface area contributed by atoms with Gasteiger partial charge in [0.05, 0.1) is 12.7 Å². The minimum absolute atomic E-state index is 0.106. The number of alkyl carbamates (subject to hydrolysis) is 1. The Balaban J connectivity index is 1.40. The topological polar surface area (TPSA) is 93.7 Å². The van der Waals surface area contributed by atoms with Crippen molar-refractivity contribution >= 4 is 12.0 Å². The average molecular weight is 370 g/mol. The fourth-order valence-corrected chi connectivity index (χ4v) is 2.81. The van der Waals surface area contributed by atoms with E-state index in [0.717, 1.165) is 18.4 Å². The molecule has 0 saturated carbocycles.